The van der Waals surface area contributed by atoms with Gasteiger partial charge in [0.05, 0.1) is 0 Å². The molecule has 0 aliphatic carbocycles. The van der Waals surface area contributed by atoms with Gasteiger partial charge in [0.1, 0.15) is 11.9 Å². The normalized spacial score (nSPS) is 12.1. The van der Waals surface area contributed by atoms with Crippen LogP contribution in [0.1, 0.15) is 18.1 Å². The van der Waals surface area contributed by atoms with Crippen molar-refractivity contribution in [2.75, 3.05) is 13.6 Å². The van der Waals surface area contributed by atoms with Crippen molar-refractivity contribution < 1.29 is 4.74 Å². The van der Waals surface area contributed by atoms with Crippen LogP contribution >= 0.6 is 0 Å². The number of hydrogen-bond donors (Lipinski definition) is 2. The summed E-state index contributed by atoms with van der Waals surface area (Å²) >= 11 is 0. The molecule has 0 bridgehead atoms. The van der Waals surface area contributed by atoms with E-state index in [9.17, 15) is 0 Å². The molecule has 1 atom stereocenters. The van der Waals surface area contributed by atoms with E-state index in [0.717, 1.165) is 18.7 Å². The van der Waals surface area contributed by atoms with Gasteiger partial charge in [-0.3, -0.25) is 10.9 Å². The van der Waals surface area contributed by atoms with Crippen molar-refractivity contribution in [3.05, 3.63) is 66.2 Å². The molecule has 3 heteroatoms. The zero-order valence-electron chi connectivity index (χ0n) is 11.2. The van der Waals surface area contributed by atoms with Gasteiger partial charge in [0, 0.05) is 13.0 Å². The number of ether oxygens (including phenoxy) is 1. The van der Waals surface area contributed by atoms with Gasteiger partial charge in [0.15, 0.2) is 0 Å². The molecule has 0 saturated carbocycles. The molecular weight excluding hydrogens is 236 g/mol. The maximum Gasteiger partial charge on any atom is 0.125 e. The molecule has 1 unspecified atom stereocenters. The van der Waals surface area contributed by atoms with E-state index in [2.05, 4.69) is 23.0 Å². The first kappa shape index (κ1) is 13.6. The molecule has 19 heavy (non-hydrogen) atoms. The van der Waals surface area contributed by atoms with E-state index in [-0.39, 0.29) is 6.10 Å². The smallest absolute Gasteiger partial charge is 0.125 e. The summed E-state index contributed by atoms with van der Waals surface area (Å²) in [6.07, 6.45) is 0.962. The van der Waals surface area contributed by atoms with Crippen molar-refractivity contribution in [1.82, 2.24) is 10.9 Å². The lowest BCUT2D eigenvalue weighted by Gasteiger charge is -2.20. The molecule has 2 N–H and O–H groups in total. The topological polar surface area (TPSA) is 33.3 Å². The van der Waals surface area contributed by atoms with E-state index in [1.54, 1.807) is 0 Å². The fraction of sp³-hybridized carbons (Fsp3) is 0.250. The molecule has 0 aliphatic rings. The summed E-state index contributed by atoms with van der Waals surface area (Å²) in [4.78, 5) is 0. The molecule has 0 spiro atoms. The van der Waals surface area contributed by atoms with E-state index in [1.807, 2.05) is 55.6 Å². The van der Waals surface area contributed by atoms with Crippen LogP contribution in [0.15, 0.2) is 60.7 Å². The van der Waals surface area contributed by atoms with Crippen molar-refractivity contribution in [3.8, 4) is 5.75 Å². The maximum atomic E-state index is 6.08. The van der Waals surface area contributed by atoms with Gasteiger partial charge in [0.2, 0.25) is 0 Å². The largest absolute Gasteiger partial charge is 0.486 e. The highest BCUT2D eigenvalue weighted by molar-refractivity contribution is 5.24. The van der Waals surface area contributed by atoms with Crippen LogP contribution in [-0.2, 0) is 0 Å². The van der Waals surface area contributed by atoms with E-state index in [1.165, 1.54) is 5.56 Å². The molecule has 2 aromatic carbocycles. The molecule has 2 rings (SSSR count). The quantitative estimate of drug-likeness (QED) is 0.590. The average Bonchev–Trinajstić information content (AvgIpc) is 2.48. The van der Waals surface area contributed by atoms with Gasteiger partial charge in [0.25, 0.3) is 0 Å². The van der Waals surface area contributed by atoms with Gasteiger partial charge in [-0.1, -0.05) is 48.5 Å². The van der Waals surface area contributed by atoms with Crippen LogP contribution in [-0.4, -0.2) is 13.6 Å². The summed E-state index contributed by atoms with van der Waals surface area (Å²) in [5.41, 5.74) is 7.24. The number of hydrogen-bond acceptors (Lipinski definition) is 3. The molecule has 0 aliphatic heterocycles. The number of nitrogens with one attached hydrogen (secondary N) is 2. The standard InChI is InChI=1S/C16H20N2O/c1-17-18-13-12-16(14-8-4-2-5-9-14)19-15-10-6-3-7-11-15/h2-11,16-18H,12-13H2,1H3. The Kier molecular flexibility index (Phi) is 5.41. The number of benzene rings is 2. The summed E-state index contributed by atoms with van der Waals surface area (Å²) < 4.78 is 6.08. The molecule has 0 heterocycles. The predicted octanol–water partition coefficient (Wildman–Crippen LogP) is 2.92. The van der Waals surface area contributed by atoms with E-state index in [4.69, 9.17) is 4.74 Å². The van der Waals surface area contributed by atoms with Crippen LogP contribution < -0.4 is 15.6 Å². The highest BCUT2D eigenvalue weighted by atomic mass is 16.5. The van der Waals surface area contributed by atoms with Crippen LogP contribution in [0.5, 0.6) is 5.75 Å². The fourth-order valence-electron chi connectivity index (χ4n) is 1.95. The Labute approximate surface area is 114 Å². The molecule has 3 nitrogen and oxygen atoms in total. The number of hydrazine groups is 1. The molecular formula is C16H20N2O. The molecule has 0 fully saturated rings. The second kappa shape index (κ2) is 7.56. The van der Waals surface area contributed by atoms with Crippen molar-refractivity contribution in [2.24, 2.45) is 0 Å². The minimum absolute atomic E-state index is 0.0597. The average molecular weight is 256 g/mol. The maximum absolute atomic E-state index is 6.08. The molecule has 100 valence electrons. The third-order valence-electron chi connectivity index (χ3n) is 2.90. The SMILES string of the molecule is CNNCCC(Oc1ccccc1)c1ccccc1. The molecule has 0 aromatic heterocycles. The van der Waals surface area contributed by atoms with Gasteiger partial charge >= 0.3 is 0 Å². The summed E-state index contributed by atoms with van der Waals surface area (Å²) in [7, 11) is 1.87. The lowest BCUT2D eigenvalue weighted by molar-refractivity contribution is 0.192. The Hall–Kier alpha value is -1.84. The van der Waals surface area contributed by atoms with Crippen LogP contribution in [0.3, 0.4) is 0 Å². The summed E-state index contributed by atoms with van der Waals surface area (Å²) in [5.74, 6) is 0.904. The lowest BCUT2D eigenvalue weighted by Crippen LogP contribution is -2.30. The second-order valence-corrected chi connectivity index (χ2v) is 4.30. The minimum Gasteiger partial charge on any atom is -0.486 e. The van der Waals surface area contributed by atoms with Gasteiger partial charge in [-0.15, -0.1) is 0 Å². The molecule has 0 amide bonds. The van der Waals surface area contributed by atoms with Crippen LogP contribution in [0.2, 0.25) is 0 Å². The fourth-order valence-corrected chi connectivity index (χ4v) is 1.95. The Morgan fingerprint density at radius 3 is 2.21 bits per heavy atom. The van der Waals surface area contributed by atoms with Crippen molar-refractivity contribution in [2.45, 2.75) is 12.5 Å². The van der Waals surface area contributed by atoms with Crippen molar-refractivity contribution >= 4 is 0 Å². The summed E-state index contributed by atoms with van der Waals surface area (Å²) in [6.45, 7) is 0.850. The first-order chi connectivity index (χ1) is 9.40. The first-order valence-corrected chi connectivity index (χ1v) is 6.56. The predicted molar refractivity (Wildman–Crippen MR) is 77.9 cm³/mol. The Morgan fingerprint density at radius 2 is 1.58 bits per heavy atom. The second-order valence-electron chi connectivity index (χ2n) is 4.30. The van der Waals surface area contributed by atoms with E-state index >= 15 is 0 Å². The van der Waals surface area contributed by atoms with Crippen LogP contribution in [0.4, 0.5) is 0 Å². The highest BCUT2D eigenvalue weighted by Crippen LogP contribution is 2.24. The highest BCUT2D eigenvalue weighted by Gasteiger charge is 2.12. The third-order valence-corrected chi connectivity index (χ3v) is 2.90. The van der Waals surface area contributed by atoms with Gasteiger partial charge < -0.3 is 4.74 Å². The molecule has 2 aromatic rings. The van der Waals surface area contributed by atoms with Crippen molar-refractivity contribution in [3.63, 3.8) is 0 Å². The number of rotatable bonds is 7. The molecule has 0 saturated heterocycles. The van der Waals surface area contributed by atoms with Gasteiger partial charge in [-0.05, 0) is 24.7 Å². The zero-order valence-corrected chi connectivity index (χ0v) is 11.2. The number of para-hydroxylation sites is 1. The van der Waals surface area contributed by atoms with E-state index < -0.39 is 0 Å². The summed E-state index contributed by atoms with van der Waals surface area (Å²) in [6, 6.07) is 20.3. The Bertz CT molecular complexity index is 459. The molecule has 0 radical (unpaired) electrons. The Morgan fingerprint density at radius 1 is 0.947 bits per heavy atom. The van der Waals surface area contributed by atoms with Crippen molar-refractivity contribution in [1.29, 1.82) is 0 Å². The van der Waals surface area contributed by atoms with Gasteiger partial charge in [-0.2, -0.15) is 0 Å². The van der Waals surface area contributed by atoms with Crippen LogP contribution in [0, 0.1) is 0 Å². The monoisotopic (exact) mass is 256 g/mol. The van der Waals surface area contributed by atoms with Crippen LogP contribution in [0.25, 0.3) is 0 Å². The van der Waals surface area contributed by atoms with E-state index in [0.29, 0.717) is 0 Å². The van der Waals surface area contributed by atoms with Gasteiger partial charge in [-0.25, -0.2) is 0 Å². The summed E-state index contributed by atoms with van der Waals surface area (Å²) in [5, 5.41) is 0. The lowest BCUT2D eigenvalue weighted by atomic mass is 10.1. The Balaban J connectivity index is 2.06. The zero-order chi connectivity index (χ0) is 13.3. The first-order valence-electron chi connectivity index (χ1n) is 6.56. The third kappa shape index (κ3) is 4.39. The minimum atomic E-state index is 0.0597.